The van der Waals surface area contributed by atoms with E-state index in [-0.39, 0.29) is 5.91 Å². The molecular formula is C26H23ClN4O2. The Morgan fingerprint density at radius 2 is 1.73 bits per heavy atom. The van der Waals surface area contributed by atoms with Gasteiger partial charge in [-0.3, -0.25) is 9.89 Å². The van der Waals surface area contributed by atoms with Crippen LogP contribution in [0.25, 0.3) is 11.3 Å². The summed E-state index contributed by atoms with van der Waals surface area (Å²) in [5.41, 5.74) is 7.56. The van der Waals surface area contributed by atoms with Gasteiger partial charge in [0.15, 0.2) is 0 Å². The molecule has 7 heteroatoms. The number of hydrazone groups is 1. The van der Waals surface area contributed by atoms with Crippen molar-refractivity contribution in [3.8, 4) is 17.0 Å². The Labute approximate surface area is 197 Å². The third kappa shape index (κ3) is 6.08. The van der Waals surface area contributed by atoms with E-state index in [1.807, 2.05) is 72.8 Å². The van der Waals surface area contributed by atoms with E-state index in [1.165, 1.54) is 5.56 Å². The zero-order chi connectivity index (χ0) is 23.0. The van der Waals surface area contributed by atoms with Crippen molar-refractivity contribution in [3.63, 3.8) is 0 Å². The molecule has 1 amide bonds. The molecule has 0 bridgehead atoms. The first-order chi connectivity index (χ1) is 16.1. The molecule has 2 N–H and O–H groups in total. The third-order valence-electron chi connectivity index (χ3n) is 5.06. The molecule has 0 saturated heterocycles. The second kappa shape index (κ2) is 10.6. The van der Waals surface area contributed by atoms with Crippen molar-refractivity contribution in [3.05, 3.63) is 106 Å². The first kappa shape index (κ1) is 22.3. The van der Waals surface area contributed by atoms with Gasteiger partial charge in [-0.05, 0) is 65.6 Å². The number of halogens is 1. The van der Waals surface area contributed by atoms with E-state index in [2.05, 4.69) is 27.6 Å². The highest BCUT2D eigenvalue weighted by molar-refractivity contribution is 6.30. The highest BCUT2D eigenvalue weighted by Gasteiger charge is 2.10. The van der Waals surface area contributed by atoms with E-state index in [1.54, 1.807) is 12.3 Å². The first-order valence-corrected chi connectivity index (χ1v) is 10.9. The van der Waals surface area contributed by atoms with Crippen LogP contribution < -0.4 is 10.2 Å². The predicted molar refractivity (Wildman–Crippen MR) is 131 cm³/mol. The number of nitrogens with one attached hydrogen (secondary N) is 2. The van der Waals surface area contributed by atoms with Crippen LogP contribution in [0.15, 0.2) is 84.0 Å². The number of carbonyl (C=O) groups excluding carboxylic acids is 1. The minimum absolute atomic E-state index is 0.326. The molecule has 0 atom stereocenters. The van der Waals surface area contributed by atoms with Gasteiger partial charge in [-0.1, -0.05) is 54.9 Å². The maximum Gasteiger partial charge on any atom is 0.289 e. The number of aromatic nitrogens is 2. The number of aromatic amines is 1. The number of benzene rings is 3. The average Bonchev–Trinajstić information content (AvgIpc) is 3.35. The van der Waals surface area contributed by atoms with Gasteiger partial charge >= 0.3 is 0 Å². The van der Waals surface area contributed by atoms with E-state index in [0.717, 1.165) is 28.9 Å². The molecule has 0 fully saturated rings. The van der Waals surface area contributed by atoms with E-state index in [4.69, 9.17) is 16.3 Å². The molecule has 3 aromatic carbocycles. The second-order valence-electron chi connectivity index (χ2n) is 7.40. The second-order valence-corrected chi connectivity index (χ2v) is 7.84. The molecule has 0 aliphatic rings. The van der Waals surface area contributed by atoms with E-state index in [0.29, 0.717) is 23.0 Å². The molecule has 4 aromatic rings. The van der Waals surface area contributed by atoms with Gasteiger partial charge in [0.05, 0.1) is 11.9 Å². The minimum atomic E-state index is -0.363. The fraction of sp³-hybridized carbons (Fsp3) is 0.115. The van der Waals surface area contributed by atoms with E-state index in [9.17, 15) is 4.79 Å². The van der Waals surface area contributed by atoms with Crippen LogP contribution in [0.2, 0.25) is 5.02 Å². The third-order valence-corrected chi connectivity index (χ3v) is 5.31. The number of nitrogens with zero attached hydrogens (tertiary/aromatic N) is 2. The molecule has 0 aliphatic heterocycles. The monoisotopic (exact) mass is 458 g/mol. The Bertz CT molecular complexity index is 1230. The zero-order valence-corrected chi connectivity index (χ0v) is 18.8. The Hall–Kier alpha value is -3.90. The molecule has 1 heterocycles. The predicted octanol–water partition coefficient (Wildman–Crippen LogP) is 5.64. The van der Waals surface area contributed by atoms with Crippen molar-refractivity contribution in [2.45, 2.75) is 20.0 Å². The summed E-state index contributed by atoms with van der Waals surface area (Å²) in [6.45, 7) is 2.56. The van der Waals surface area contributed by atoms with Gasteiger partial charge in [0.1, 0.15) is 18.1 Å². The average molecular weight is 459 g/mol. The normalized spacial score (nSPS) is 11.0. The van der Waals surface area contributed by atoms with Gasteiger partial charge in [-0.15, -0.1) is 0 Å². The topological polar surface area (TPSA) is 79.4 Å². The van der Waals surface area contributed by atoms with Crippen LogP contribution in [-0.4, -0.2) is 22.3 Å². The largest absolute Gasteiger partial charge is 0.489 e. The molecule has 33 heavy (non-hydrogen) atoms. The summed E-state index contributed by atoms with van der Waals surface area (Å²) in [7, 11) is 0. The molecule has 0 saturated carbocycles. The molecule has 4 rings (SSSR count). The summed E-state index contributed by atoms with van der Waals surface area (Å²) in [4.78, 5) is 12.4. The Morgan fingerprint density at radius 1 is 1.03 bits per heavy atom. The fourth-order valence-corrected chi connectivity index (χ4v) is 3.25. The van der Waals surface area contributed by atoms with Crippen molar-refractivity contribution in [1.82, 2.24) is 15.6 Å². The summed E-state index contributed by atoms with van der Waals surface area (Å²) in [5, 5.41) is 11.7. The molecule has 6 nitrogen and oxygen atoms in total. The summed E-state index contributed by atoms with van der Waals surface area (Å²) in [6.07, 6.45) is 2.59. The molecule has 1 aromatic heterocycles. The van der Waals surface area contributed by atoms with Crippen LogP contribution in [0.3, 0.4) is 0 Å². The lowest BCUT2D eigenvalue weighted by atomic mass is 10.1. The quantitative estimate of drug-likeness (QED) is 0.265. The van der Waals surface area contributed by atoms with Crippen LogP contribution in [0.1, 0.15) is 34.1 Å². The Kier molecular flexibility index (Phi) is 7.17. The van der Waals surface area contributed by atoms with Gasteiger partial charge < -0.3 is 4.74 Å². The molecule has 0 radical (unpaired) electrons. The number of ether oxygens (including phenoxy) is 1. The Balaban J connectivity index is 1.32. The SMILES string of the molecule is CCc1ccc(C=NNC(=O)c2cc(-c3ccc(OCc4ccc(Cl)cc4)cc3)n[nH]2)cc1. The van der Waals surface area contributed by atoms with Crippen LogP contribution in [-0.2, 0) is 13.0 Å². The molecule has 0 spiro atoms. The molecule has 166 valence electrons. The lowest BCUT2D eigenvalue weighted by Crippen LogP contribution is -2.17. The van der Waals surface area contributed by atoms with Crippen LogP contribution in [0.4, 0.5) is 0 Å². The number of hydrogen-bond acceptors (Lipinski definition) is 4. The summed E-state index contributed by atoms with van der Waals surface area (Å²) >= 11 is 5.90. The van der Waals surface area contributed by atoms with Crippen molar-refractivity contribution in [2.24, 2.45) is 5.10 Å². The molecular weight excluding hydrogens is 436 g/mol. The van der Waals surface area contributed by atoms with Crippen molar-refractivity contribution >= 4 is 23.7 Å². The summed E-state index contributed by atoms with van der Waals surface area (Å²) < 4.78 is 5.81. The van der Waals surface area contributed by atoms with Crippen LogP contribution >= 0.6 is 11.6 Å². The van der Waals surface area contributed by atoms with Crippen LogP contribution in [0.5, 0.6) is 5.75 Å². The van der Waals surface area contributed by atoms with Crippen molar-refractivity contribution in [2.75, 3.05) is 0 Å². The first-order valence-electron chi connectivity index (χ1n) is 10.6. The maximum absolute atomic E-state index is 12.4. The number of aryl methyl sites for hydroxylation is 1. The molecule has 0 unspecified atom stereocenters. The van der Waals surface area contributed by atoms with Gasteiger partial charge in [0.2, 0.25) is 0 Å². The highest BCUT2D eigenvalue weighted by Crippen LogP contribution is 2.22. The van der Waals surface area contributed by atoms with E-state index < -0.39 is 0 Å². The van der Waals surface area contributed by atoms with Crippen LogP contribution in [0, 0.1) is 0 Å². The molecule has 0 aliphatic carbocycles. The fourth-order valence-electron chi connectivity index (χ4n) is 3.12. The van der Waals surface area contributed by atoms with E-state index >= 15 is 0 Å². The van der Waals surface area contributed by atoms with Gasteiger partial charge in [-0.25, -0.2) is 5.43 Å². The van der Waals surface area contributed by atoms with Gasteiger partial charge in [-0.2, -0.15) is 10.2 Å². The number of H-pyrrole nitrogens is 1. The lowest BCUT2D eigenvalue weighted by Gasteiger charge is -2.07. The highest BCUT2D eigenvalue weighted by atomic mass is 35.5. The smallest absolute Gasteiger partial charge is 0.289 e. The van der Waals surface area contributed by atoms with Gasteiger partial charge in [0, 0.05) is 10.6 Å². The van der Waals surface area contributed by atoms with Gasteiger partial charge in [0.25, 0.3) is 5.91 Å². The zero-order valence-electron chi connectivity index (χ0n) is 18.1. The number of rotatable bonds is 8. The Morgan fingerprint density at radius 3 is 2.42 bits per heavy atom. The number of amides is 1. The summed E-state index contributed by atoms with van der Waals surface area (Å²) in [6, 6.07) is 24.8. The summed E-state index contributed by atoms with van der Waals surface area (Å²) in [5.74, 6) is 0.376. The number of hydrogen-bond donors (Lipinski definition) is 2. The maximum atomic E-state index is 12.4. The standard InChI is InChI=1S/C26H23ClN4O2/c1-2-18-3-5-19(6-4-18)16-28-31-26(32)25-15-24(29-30-25)21-9-13-23(14-10-21)33-17-20-7-11-22(27)12-8-20/h3-16H,2,17H2,1H3,(H,29,30)(H,31,32). The van der Waals surface area contributed by atoms with Crippen molar-refractivity contribution < 1.29 is 9.53 Å². The van der Waals surface area contributed by atoms with Crippen molar-refractivity contribution in [1.29, 1.82) is 0 Å². The lowest BCUT2D eigenvalue weighted by molar-refractivity contribution is 0.0950. The number of carbonyl (C=O) groups is 1. The minimum Gasteiger partial charge on any atom is -0.489 e.